The number of carbonyl (C=O) groups excluding carboxylic acids is 1. The monoisotopic (exact) mass is 378 g/mol. The zero-order valence-electron chi connectivity index (χ0n) is 14.3. The van der Waals surface area contributed by atoms with Gasteiger partial charge in [-0.15, -0.1) is 12.4 Å². The number of para-hydroxylation sites is 1. The molecular weight excluding hydrogens is 355 g/mol. The van der Waals surface area contributed by atoms with Crippen LogP contribution in [0.4, 0.5) is 5.69 Å². The molecule has 1 fully saturated rings. The molecule has 5 heteroatoms. The van der Waals surface area contributed by atoms with Crippen LogP contribution in [-0.2, 0) is 11.2 Å². The number of aryl methyl sites for hydroxylation is 1. The van der Waals surface area contributed by atoms with E-state index in [-0.39, 0.29) is 24.4 Å². The van der Waals surface area contributed by atoms with Crippen LogP contribution in [0.5, 0.6) is 0 Å². The first-order valence-corrected chi connectivity index (χ1v) is 8.84. The molecule has 1 atom stereocenters. The number of nitrogen functional groups attached to an aromatic ring is 1. The van der Waals surface area contributed by atoms with Crippen LogP contribution in [0.25, 0.3) is 0 Å². The minimum atomic E-state index is 0. The van der Waals surface area contributed by atoms with Crippen LogP contribution in [0, 0.1) is 0 Å². The molecule has 1 unspecified atom stereocenters. The Bertz CT molecular complexity index is 714. The highest BCUT2D eigenvalue weighted by atomic mass is 35.5. The first kappa shape index (κ1) is 19.6. The van der Waals surface area contributed by atoms with Crippen LogP contribution in [0.15, 0.2) is 48.5 Å². The van der Waals surface area contributed by atoms with Gasteiger partial charge >= 0.3 is 0 Å². The molecule has 2 aromatic rings. The Morgan fingerprint density at radius 3 is 2.44 bits per heavy atom. The molecule has 0 radical (unpaired) electrons. The molecule has 3 nitrogen and oxygen atoms in total. The maximum atomic E-state index is 12.9. The van der Waals surface area contributed by atoms with Crippen molar-refractivity contribution in [3.05, 3.63) is 64.7 Å². The van der Waals surface area contributed by atoms with Gasteiger partial charge in [-0.3, -0.25) is 4.79 Å². The summed E-state index contributed by atoms with van der Waals surface area (Å²) in [7, 11) is 0. The standard InChI is InChI=1S/C20H23ClN2O.ClH/c1-14(15-6-9-17(21)10-7-15)23(18-11-12-18)20(24)13-8-16-4-2-3-5-19(16)22;/h2-7,9-10,14,18H,8,11-13,22H2,1H3;1H. The number of halogens is 2. The van der Waals surface area contributed by atoms with Crippen LogP contribution in [0.1, 0.15) is 43.4 Å². The van der Waals surface area contributed by atoms with Gasteiger partial charge in [-0.25, -0.2) is 0 Å². The Hall–Kier alpha value is -1.71. The first-order chi connectivity index (χ1) is 11.6. The van der Waals surface area contributed by atoms with Crippen molar-refractivity contribution in [1.29, 1.82) is 0 Å². The molecule has 0 aromatic heterocycles. The number of amides is 1. The van der Waals surface area contributed by atoms with Gasteiger partial charge in [0.15, 0.2) is 0 Å². The minimum absolute atomic E-state index is 0. The maximum absolute atomic E-state index is 12.9. The fraction of sp³-hybridized carbons (Fsp3) is 0.350. The highest BCUT2D eigenvalue weighted by molar-refractivity contribution is 6.30. The Morgan fingerprint density at radius 1 is 1.20 bits per heavy atom. The van der Waals surface area contributed by atoms with Gasteiger partial charge in [0.2, 0.25) is 5.91 Å². The summed E-state index contributed by atoms with van der Waals surface area (Å²) in [6.45, 7) is 2.09. The van der Waals surface area contributed by atoms with E-state index in [4.69, 9.17) is 17.3 Å². The van der Waals surface area contributed by atoms with Crippen molar-refractivity contribution in [3.63, 3.8) is 0 Å². The van der Waals surface area contributed by atoms with Crippen molar-refractivity contribution in [3.8, 4) is 0 Å². The lowest BCUT2D eigenvalue weighted by atomic mass is 10.0. The topological polar surface area (TPSA) is 46.3 Å². The molecule has 0 spiro atoms. The molecule has 134 valence electrons. The number of nitrogens with zero attached hydrogens (tertiary/aromatic N) is 1. The summed E-state index contributed by atoms with van der Waals surface area (Å²) in [6.07, 6.45) is 3.36. The van der Waals surface area contributed by atoms with Crippen molar-refractivity contribution in [1.82, 2.24) is 4.90 Å². The summed E-state index contributed by atoms with van der Waals surface area (Å²) in [4.78, 5) is 14.9. The average molecular weight is 379 g/mol. The molecule has 3 rings (SSSR count). The maximum Gasteiger partial charge on any atom is 0.223 e. The summed E-state index contributed by atoms with van der Waals surface area (Å²) in [5.74, 6) is 0.197. The number of carbonyl (C=O) groups is 1. The third-order valence-corrected chi connectivity index (χ3v) is 4.91. The van der Waals surface area contributed by atoms with Crippen LogP contribution >= 0.6 is 24.0 Å². The van der Waals surface area contributed by atoms with E-state index in [0.717, 1.165) is 34.7 Å². The molecule has 2 N–H and O–H groups in total. The molecule has 25 heavy (non-hydrogen) atoms. The summed E-state index contributed by atoms with van der Waals surface area (Å²) in [6, 6.07) is 16.0. The van der Waals surface area contributed by atoms with Gasteiger partial charge < -0.3 is 10.6 Å². The highest BCUT2D eigenvalue weighted by Crippen LogP contribution is 2.35. The van der Waals surface area contributed by atoms with Gasteiger partial charge in [-0.2, -0.15) is 0 Å². The second-order valence-electron chi connectivity index (χ2n) is 6.46. The van der Waals surface area contributed by atoms with Crippen molar-refractivity contribution in [2.45, 2.75) is 44.7 Å². The zero-order chi connectivity index (χ0) is 17.1. The van der Waals surface area contributed by atoms with Gasteiger partial charge in [-0.1, -0.05) is 41.9 Å². The molecular formula is C20H24Cl2N2O. The van der Waals surface area contributed by atoms with Crippen LogP contribution in [0.2, 0.25) is 5.02 Å². The number of nitrogens with two attached hydrogens (primary N) is 1. The summed E-state index contributed by atoms with van der Waals surface area (Å²) in [5.41, 5.74) is 8.91. The van der Waals surface area contributed by atoms with E-state index in [1.165, 1.54) is 0 Å². The van der Waals surface area contributed by atoms with Crippen molar-refractivity contribution < 1.29 is 4.79 Å². The number of anilines is 1. The molecule has 1 amide bonds. The minimum Gasteiger partial charge on any atom is -0.399 e. The second-order valence-corrected chi connectivity index (χ2v) is 6.89. The van der Waals surface area contributed by atoms with E-state index in [9.17, 15) is 4.79 Å². The Balaban J connectivity index is 0.00000225. The summed E-state index contributed by atoms with van der Waals surface area (Å²) < 4.78 is 0. The molecule has 0 heterocycles. The second kappa shape index (κ2) is 8.59. The lowest BCUT2D eigenvalue weighted by Crippen LogP contribution is -2.35. The Kier molecular flexibility index (Phi) is 6.74. The predicted octanol–water partition coefficient (Wildman–Crippen LogP) is 5.03. The fourth-order valence-corrected chi connectivity index (χ4v) is 3.25. The van der Waals surface area contributed by atoms with E-state index >= 15 is 0 Å². The third-order valence-electron chi connectivity index (χ3n) is 4.66. The highest BCUT2D eigenvalue weighted by Gasteiger charge is 2.35. The number of hydrogen-bond donors (Lipinski definition) is 1. The van der Waals surface area contributed by atoms with Gasteiger partial charge in [-0.05, 0) is 55.5 Å². The van der Waals surface area contributed by atoms with Crippen molar-refractivity contribution in [2.24, 2.45) is 0 Å². The zero-order valence-corrected chi connectivity index (χ0v) is 15.9. The van der Waals surface area contributed by atoms with Crippen molar-refractivity contribution in [2.75, 3.05) is 5.73 Å². The Morgan fingerprint density at radius 2 is 1.84 bits per heavy atom. The first-order valence-electron chi connectivity index (χ1n) is 8.46. The molecule has 1 aliphatic rings. The van der Waals surface area contributed by atoms with E-state index < -0.39 is 0 Å². The summed E-state index contributed by atoms with van der Waals surface area (Å²) in [5, 5.41) is 0.717. The molecule has 0 aliphatic heterocycles. The van der Waals surface area contributed by atoms with Crippen LogP contribution < -0.4 is 5.73 Å². The van der Waals surface area contributed by atoms with Gasteiger partial charge in [0, 0.05) is 23.2 Å². The average Bonchev–Trinajstić information content (AvgIpc) is 3.40. The van der Waals surface area contributed by atoms with Gasteiger partial charge in [0.05, 0.1) is 6.04 Å². The van der Waals surface area contributed by atoms with Crippen LogP contribution in [-0.4, -0.2) is 16.8 Å². The SMILES string of the molecule is CC(c1ccc(Cl)cc1)N(C(=O)CCc1ccccc1N)C1CC1.Cl. The largest absolute Gasteiger partial charge is 0.399 e. The normalized spacial score (nSPS) is 14.5. The lowest BCUT2D eigenvalue weighted by Gasteiger charge is -2.30. The number of hydrogen-bond acceptors (Lipinski definition) is 2. The number of rotatable bonds is 6. The van der Waals surface area contributed by atoms with E-state index in [2.05, 4.69) is 6.92 Å². The molecule has 1 aliphatic carbocycles. The molecule has 0 bridgehead atoms. The predicted molar refractivity (Wildman–Crippen MR) is 106 cm³/mol. The molecule has 2 aromatic carbocycles. The quantitative estimate of drug-likeness (QED) is 0.716. The number of benzene rings is 2. The smallest absolute Gasteiger partial charge is 0.223 e. The van der Waals surface area contributed by atoms with E-state index in [1.54, 1.807) is 0 Å². The fourth-order valence-electron chi connectivity index (χ4n) is 3.12. The van der Waals surface area contributed by atoms with E-state index in [0.29, 0.717) is 18.9 Å². The van der Waals surface area contributed by atoms with Crippen LogP contribution in [0.3, 0.4) is 0 Å². The van der Waals surface area contributed by atoms with E-state index in [1.807, 2.05) is 53.4 Å². The van der Waals surface area contributed by atoms with Gasteiger partial charge in [0.25, 0.3) is 0 Å². The third kappa shape index (κ3) is 4.90. The van der Waals surface area contributed by atoms with Gasteiger partial charge in [0.1, 0.15) is 0 Å². The molecule has 1 saturated carbocycles. The molecule has 0 saturated heterocycles. The summed E-state index contributed by atoms with van der Waals surface area (Å²) >= 11 is 5.97. The van der Waals surface area contributed by atoms with Crippen molar-refractivity contribution >= 4 is 35.6 Å². The Labute approximate surface area is 160 Å². The lowest BCUT2D eigenvalue weighted by molar-refractivity contribution is -0.134.